The van der Waals surface area contributed by atoms with Crippen molar-refractivity contribution in [3.05, 3.63) is 23.8 Å². The van der Waals surface area contributed by atoms with E-state index in [0.717, 1.165) is 37.6 Å². The quantitative estimate of drug-likeness (QED) is 0.412. The first-order chi connectivity index (χ1) is 14.0. The van der Waals surface area contributed by atoms with E-state index in [2.05, 4.69) is 22.9 Å². The summed E-state index contributed by atoms with van der Waals surface area (Å²) in [5.41, 5.74) is 1.96. The minimum absolute atomic E-state index is 0.128. The fourth-order valence-electron chi connectivity index (χ4n) is 3.88. The number of carbonyl (C=O) groups excluding carboxylic acids is 1. The number of carbonyl (C=O) groups is 1. The molecule has 0 bridgehead atoms. The molecule has 1 saturated carbocycles. The summed E-state index contributed by atoms with van der Waals surface area (Å²) in [5.74, 6) is 1.32. The van der Waals surface area contributed by atoms with Crippen molar-refractivity contribution in [3.63, 3.8) is 0 Å². The second kappa shape index (κ2) is 11.7. The van der Waals surface area contributed by atoms with Crippen molar-refractivity contribution in [2.24, 2.45) is 10.4 Å². The predicted octanol–water partition coefficient (Wildman–Crippen LogP) is 3.31. The minimum Gasteiger partial charge on any atom is -0.495 e. The van der Waals surface area contributed by atoms with Gasteiger partial charge in [-0.25, -0.2) is 4.99 Å². The number of benzene rings is 1. The lowest BCUT2D eigenvalue weighted by molar-refractivity contribution is -0.114. The topological polar surface area (TPSA) is 84.0 Å². The third kappa shape index (κ3) is 7.24. The van der Waals surface area contributed by atoms with Crippen molar-refractivity contribution in [1.82, 2.24) is 10.6 Å². The molecule has 1 aliphatic rings. The number of hydrogen-bond donors (Lipinski definition) is 3. The summed E-state index contributed by atoms with van der Waals surface area (Å²) in [6, 6.07) is 5.73. The zero-order chi connectivity index (χ0) is 21.1. The van der Waals surface area contributed by atoms with Crippen LogP contribution in [0.1, 0.15) is 51.5 Å². The lowest BCUT2D eigenvalue weighted by Crippen LogP contribution is -2.43. The lowest BCUT2D eigenvalue weighted by atomic mass is 9.83. The van der Waals surface area contributed by atoms with Gasteiger partial charge < -0.3 is 25.4 Å². The van der Waals surface area contributed by atoms with Crippen LogP contribution in [0.25, 0.3) is 0 Å². The maximum absolute atomic E-state index is 11.4. The van der Waals surface area contributed by atoms with Gasteiger partial charge in [-0.15, -0.1) is 0 Å². The predicted molar refractivity (Wildman–Crippen MR) is 118 cm³/mol. The van der Waals surface area contributed by atoms with Crippen LogP contribution >= 0.6 is 0 Å². The summed E-state index contributed by atoms with van der Waals surface area (Å²) in [6.07, 6.45) is 6.13. The van der Waals surface area contributed by atoms with Crippen LogP contribution in [0.4, 0.5) is 5.69 Å². The zero-order valence-electron chi connectivity index (χ0n) is 18.3. The van der Waals surface area contributed by atoms with Crippen LogP contribution in [0.2, 0.25) is 0 Å². The van der Waals surface area contributed by atoms with Gasteiger partial charge in [-0.1, -0.05) is 18.9 Å². The van der Waals surface area contributed by atoms with E-state index in [0.29, 0.717) is 23.4 Å². The van der Waals surface area contributed by atoms with E-state index in [1.54, 1.807) is 14.2 Å². The molecule has 7 heteroatoms. The molecule has 0 unspecified atom stereocenters. The van der Waals surface area contributed by atoms with Gasteiger partial charge in [0.25, 0.3) is 0 Å². The molecule has 1 aliphatic carbocycles. The van der Waals surface area contributed by atoms with E-state index in [9.17, 15) is 4.79 Å². The molecule has 0 heterocycles. The molecule has 0 atom stereocenters. The van der Waals surface area contributed by atoms with Crippen molar-refractivity contribution in [2.45, 2.75) is 52.5 Å². The first-order valence-corrected chi connectivity index (χ1v) is 10.5. The molecular formula is C22H36N4O3. The van der Waals surface area contributed by atoms with Gasteiger partial charge >= 0.3 is 0 Å². The first kappa shape index (κ1) is 23.0. The second-order valence-electron chi connectivity index (χ2n) is 7.71. The van der Waals surface area contributed by atoms with Crippen molar-refractivity contribution in [3.8, 4) is 5.75 Å². The molecule has 2 rings (SSSR count). The number of guanidine groups is 1. The molecule has 0 spiro atoms. The van der Waals surface area contributed by atoms with Gasteiger partial charge in [-0.3, -0.25) is 4.79 Å². The molecule has 0 aromatic heterocycles. The highest BCUT2D eigenvalue weighted by atomic mass is 16.5. The Morgan fingerprint density at radius 3 is 2.59 bits per heavy atom. The molecule has 1 aromatic carbocycles. The highest BCUT2D eigenvalue weighted by Crippen LogP contribution is 2.40. The Bertz CT molecular complexity index is 685. The van der Waals surface area contributed by atoms with Crippen molar-refractivity contribution in [2.75, 3.05) is 39.2 Å². The van der Waals surface area contributed by atoms with E-state index < -0.39 is 0 Å². The molecule has 0 radical (unpaired) electrons. The number of aliphatic imine (C=N–C) groups is 1. The van der Waals surface area contributed by atoms with Crippen LogP contribution in [0, 0.1) is 5.41 Å². The first-order valence-electron chi connectivity index (χ1n) is 10.5. The van der Waals surface area contributed by atoms with E-state index >= 15 is 0 Å². The highest BCUT2D eigenvalue weighted by Gasteiger charge is 2.33. The summed E-state index contributed by atoms with van der Waals surface area (Å²) in [5, 5.41) is 9.68. The zero-order valence-corrected chi connectivity index (χ0v) is 18.3. The Morgan fingerprint density at radius 2 is 1.97 bits per heavy atom. The largest absolute Gasteiger partial charge is 0.495 e. The van der Waals surface area contributed by atoms with Crippen LogP contribution < -0.4 is 20.7 Å². The summed E-state index contributed by atoms with van der Waals surface area (Å²) in [4.78, 5) is 16.2. The van der Waals surface area contributed by atoms with Gasteiger partial charge in [0.2, 0.25) is 5.91 Å². The monoisotopic (exact) mass is 404 g/mol. The average molecular weight is 405 g/mol. The van der Waals surface area contributed by atoms with E-state index in [4.69, 9.17) is 14.5 Å². The fraction of sp³-hybridized carbons (Fsp3) is 0.636. The summed E-state index contributed by atoms with van der Waals surface area (Å²) in [6.45, 7) is 6.57. The number of ether oxygens (including phenoxy) is 2. The van der Waals surface area contributed by atoms with Crippen LogP contribution in [0.15, 0.2) is 23.2 Å². The van der Waals surface area contributed by atoms with Crippen LogP contribution in [-0.2, 0) is 16.1 Å². The Hall–Kier alpha value is -2.28. The van der Waals surface area contributed by atoms with Crippen LogP contribution in [0.5, 0.6) is 5.75 Å². The normalized spacial score (nSPS) is 15.8. The van der Waals surface area contributed by atoms with Crippen LogP contribution in [0.3, 0.4) is 0 Å². The van der Waals surface area contributed by atoms with Crippen LogP contribution in [-0.4, -0.2) is 45.8 Å². The average Bonchev–Trinajstić information content (AvgIpc) is 3.17. The highest BCUT2D eigenvalue weighted by molar-refractivity contribution is 5.90. The summed E-state index contributed by atoms with van der Waals surface area (Å²) < 4.78 is 10.7. The summed E-state index contributed by atoms with van der Waals surface area (Å²) >= 11 is 0. The minimum atomic E-state index is -0.128. The van der Waals surface area contributed by atoms with E-state index in [1.807, 2.05) is 18.2 Å². The Morgan fingerprint density at radius 1 is 1.21 bits per heavy atom. The maximum atomic E-state index is 11.4. The Kier molecular flexibility index (Phi) is 9.25. The van der Waals surface area contributed by atoms with Crippen molar-refractivity contribution < 1.29 is 14.3 Å². The molecule has 0 saturated heterocycles. The standard InChI is InChI=1S/C22H36N4O3/c1-5-23-21(25-16-22(12-13-28-3)10-6-7-11-22)24-15-18-8-9-20(29-4)19(14-18)26-17(2)27/h8-9,14H,5-7,10-13,15-16H2,1-4H3,(H,26,27)(H2,23,24,25). The Balaban J connectivity index is 2.05. The number of hydrogen-bond acceptors (Lipinski definition) is 4. The molecule has 29 heavy (non-hydrogen) atoms. The molecule has 7 nitrogen and oxygen atoms in total. The van der Waals surface area contributed by atoms with Crippen molar-refractivity contribution >= 4 is 17.6 Å². The van der Waals surface area contributed by atoms with Crippen molar-refractivity contribution in [1.29, 1.82) is 0 Å². The van der Waals surface area contributed by atoms with Gasteiger partial charge in [0, 0.05) is 33.7 Å². The van der Waals surface area contributed by atoms with Gasteiger partial charge in [0.1, 0.15) is 5.75 Å². The molecular weight excluding hydrogens is 368 g/mol. The molecule has 0 aliphatic heterocycles. The number of nitrogens with one attached hydrogen (secondary N) is 3. The summed E-state index contributed by atoms with van der Waals surface area (Å²) in [7, 11) is 3.36. The molecule has 3 N–H and O–H groups in total. The Labute approximate surface area is 174 Å². The van der Waals surface area contributed by atoms with Gasteiger partial charge in [-0.2, -0.15) is 0 Å². The second-order valence-corrected chi connectivity index (χ2v) is 7.71. The van der Waals surface area contributed by atoms with Gasteiger partial charge in [0.15, 0.2) is 5.96 Å². The van der Waals surface area contributed by atoms with E-state index in [1.165, 1.54) is 32.6 Å². The fourth-order valence-corrected chi connectivity index (χ4v) is 3.88. The number of rotatable bonds is 10. The third-order valence-corrected chi connectivity index (χ3v) is 5.47. The molecule has 162 valence electrons. The smallest absolute Gasteiger partial charge is 0.221 e. The number of methoxy groups -OCH3 is 2. The van der Waals surface area contributed by atoms with Gasteiger partial charge in [-0.05, 0) is 49.3 Å². The molecule has 1 aromatic rings. The number of amides is 1. The maximum Gasteiger partial charge on any atom is 0.221 e. The lowest BCUT2D eigenvalue weighted by Gasteiger charge is -2.30. The number of anilines is 1. The van der Waals surface area contributed by atoms with Gasteiger partial charge in [0.05, 0.1) is 19.3 Å². The molecule has 1 fully saturated rings. The van der Waals surface area contributed by atoms with E-state index in [-0.39, 0.29) is 5.91 Å². The molecule has 1 amide bonds. The number of nitrogens with zero attached hydrogens (tertiary/aromatic N) is 1. The third-order valence-electron chi connectivity index (χ3n) is 5.47. The SMILES string of the molecule is CCNC(=NCc1ccc(OC)c(NC(C)=O)c1)NCC1(CCOC)CCCC1.